The number of halogens is 2. The summed E-state index contributed by atoms with van der Waals surface area (Å²) in [6.07, 6.45) is 0.0730. The average molecular weight is 260 g/mol. The van der Waals surface area contributed by atoms with E-state index in [0.717, 1.165) is 6.07 Å². The topological polar surface area (TPSA) is 95.6 Å². The van der Waals surface area contributed by atoms with E-state index in [0.29, 0.717) is 0 Å². The Balaban J connectivity index is 2.55. The quantitative estimate of drug-likeness (QED) is 0.582. The van der Waals surface area contributed by atoms with Gasteiger partial charge in [-0.05, 0) is 18.1 Å². The zero-order valence-electron chi connectivity index (χ0n) is 9.49. The van der Waals surface area contributed by atoms with Crippen molar-refractivity contribution < 1.29 is 23.8 Å². The van der Waals surface area contributed by atoms with Crippen molar-refractivity contribution in [1.82, 2.24) is 5.32 Å². The third-order valence-electron chi connectivity index (χ3n) is 2.37. The summed E-state index contributed by atoms with van der Waals surface area (Å²) < 4.78 is 26.1. The zero-order valence-corrected chi connectivity index (χ0v) is 9.49. The van der Waals surface area contributed by atoms with E-state index in [1.165, 1.54) is 6.07 Å². The highest BCUT2D eigenvalue weighted by atomic mass is 19.1. The number of nitrogens with two attached hydrogens (primary N) is 1. The van der Waals surface area contributed by atoms with Gasteiger partial charge in [0.2, 0.25) is 5.91 Å². The second-order valence-corrected chi connectivity index (χ2v) is 3.70. The lowest BCUT2D eigenvalue weighted by Crippen LogP contribution is -2.43. The lowest BCUT2D eigenvalue weighted by Gasteiger charge is -2.10. The number of phenolic OH excluding ortho intramolecular Hbond substituents is 1. The van der Waals surface area contributed by atoms with Crippen LogP contribution in [0.3, 0.4) is 0 Å². The second kappa shape index (κ2) is 6.27. The van der Waals surface area contributed by atoms with Gasteiger partial charge in [0.1, 0.15) is 6.04 Å². The van der Waals surface area contributed by atoms with Gasteiger partial charge in [-0.3, -0.25) is 4.79 Å². The van der Waals surface area contributed by atoms with Crippen molar-refractivity contribution in [3.05, 3.63) is 29.3 Å². The van der Waals surface area contributed by atoms with E-state index in [1.54, 1.807) is 0 Å². The minimum absolute atomic E-state index is 0.0640. The summed E-state index contributed by atoms with van der Waals surface area (Å²) in [6, 6.07) is 1.09. The monoisotopic (exact) mass is 260 g/mol. The molecule has 0 fully saturated rings. The zero-order chi connectivity index (χ0) is 13.7. The molecule has 0 aliphatic rings. The molecule has 0 aliphatic heterocycles. The Bertz CT molecular complexity index is 441. The van der Waals surface area contributed by atoms with Crippen molar-refractivity contribution in [3.63, 3.8) is 0 Å². The number of carbonyl (C=O) groups excluding carboxylic acids is 1. The molecule has 1 atom stereocenters. The average Bonchev–Trinajstić information content (AvgIpc) is 2.37. The summed E-state index contributed by atoms with van der Waals surface area (Å²) in [5.41, 5.74) is 5.32. The van der Waals surface area contributed by atoms with Gasteiger partial charge in [-0.25, -0.2) is 8.78 Å². The SMILES string of the molecule is N[C@@H](CO)C(=O)NCCc1ccc(F)c(O)c1F. The van der Waals surface area contributed by atoms with Gasteiger partial charge in [0.25, 0.3) is 0 Å². The number of phenols is 1. The number of benzene rings is 1. The van der Waals surface area contributed by atoms with E-state index in [2.05, 4.69) is 5.32 Å². The van der Waals surface area contributed by atoms with Gasteiger partial charge in [0.15, 0.2) is 17.4 Å². The first kappa shape index (κ1) is 14.3. The van der Waals surface area contributed by atoms with Crippen LogP contribution >= 0.6 is 0 Å². The van der Waals surface area contributed by atoms with Crippen LogP contribution in [-0.2, 0) is 11.2 Å². The van der Waals surface area contributed by atoms with E-state index in [4.69, 9.17) is 15.9 Å². The standard InChI is InChI=1S/C11H14F2N2O3/c12-7-2-1-6(9(13)10(7)17)3-4-15-11(18)8(14)5-16/h1-2,8,16-17H,3-5,14H2,(H,15,18)/t8-/m0/s1. The maximum atomic E-state index is 13.3. The molecule has 0 saturated carbocycles. The highest BCUT2D eigenvalue weighted by Crippen LogP contribution is 2.22. The summed E-state index contributed by atoms with van der Waals surface area (Å²) in [5.74, 6) is -3.69. The molecule has 7 heteroatoms. The fourth-order valence-corrected chi connectivity index (χ4v) is 1.31. The Hall–Kier alpha value is -1.73. The fourth-order valence-electron chi connectivity index (χ4n) is 1.31. The first-order chi connectivity index (χ1) is 8.47. The maximum absolute atomic E-state index is 13.3. The van der Waals surface area contributed by atoms with Crippen LogP contribution in [0.2, 0.25) is 0 Å². The summed E-state index contributed by atoms with van der Waals surface area (Å²) in [4.78, 5) is 11.2. The van der Waals surface area contributed by atoms with Gasteiger partial charge in [-0.1, -0.05) is 6.07 Å². The molecule has 0 radical (unpaired) electrons. The van der Waals surface area contributed by atoms with Crippen molar-refractivity contribution in [2.45, 2.75) is 12.5 Å². The molecule has 100 valence electrons. The van der Waals surface area contributed by atoms with Crippen molar-refractivity contribution >= 4 is 5.91 Å². The molecular weight excluding hydrogens is 246 g/mol. The van der Waals surface area contributed by atoms with Gasteiger partial charge >= 0.3 is 0 Å². The van der Waals surface area contributed by atoms with Crippen LogP contribution in [-0.4, -0.2) is 35.3 Å². The van der Waals surface area contributed by atoms with Crippen LogP contribution < -0.4 is 11.1 Å². The lowest BCUT2D eigenvalue weighted by atomic mass is 10.1. The Labute approximate surface area is 102 Å². The Morgan fingerprint density at radius 3 is 2.72 bits per heavy atom. The molecule has 1 amide bonds. The summed E-state index contributed by atoms with van der Waals surface area (Å²) in [5, 5.41) is 20.0. The van der Waals surface area contributed by atoms with E-state index in [-0.39, 0.29) is 18.5 Å². The van der Waals surface area contributed by atoms with Crippen LogP contribution in [0, 0.1) is 11.6 Å². The van der Waals surface area contributed by atoms with Crippen LogP contribution in [0.15, 0.2) is 12.1 Å². The minimum atomic E-state index is -1.05. The molecular formula is C11H14F2N2O3. The number of nitrogens with one attached hydrogen (secondary N) is 1. The highest BCUT2D eigenvalue weighted by molar-refractivity contribution is 5.81. The van der Waals surface area contributed by atoms with E-state index < -0.39 is 35.9 Å². The number of aromatic hydroxyl groups is 1. The first-order valence-electron chi connectivity index (χ1n) is 5.27. The van der Waals surface area contributed by atoms with Crippen LogP contribution in [0.4, 0.5) is 8.78 Å². The number of hydrogen-bond donors (Lipinski definition) is 4. The molecule has 1 aromatic carbocycles. The second-order valence-electron chi connectivity index (χ2n) is 3.70. The third-order valence-corrected chi connectivity index (χ3v) is 2.37. The number of hydrogen-bond acceptors (Lipinski definition) is 4. The molecule has 0 aromatic heterocycles. The molecule has 0 unspecified atom stereocenters. The fraction of sp³-hybridized carbons (Fsp3) is 0.364. The van der Waals surface area contributed by atoms with E-state index in [9.17, 15) is 13.6 Å². The van der Waals surface area contributed by atoms with Crippen LogP contribution in [0.25, 0.3) is 0 Å². The third kappa shape index (κ3) is 3.38. The Morgan fingerprint density at radius 1 is 1.44 bits per heavy atom. The molecule has 18 heavy (non-hydrogen) atoms. The maximum Gasteiger partial charge on any atom is 0.239 e. The molecule has 5 nitrogen and oxygen atoms in total. The van der Waals surface area contributed by atoms with Gasteiger partial charge < -0.3 is 21.3 Å². The van der Waals surface area contributed by atoms with Crippen LogP contribution in [0.5, 0.6) is 5.75 Å². The number of carbonyl (C=O) groups is 1. The van der Waals surface area contributed by atoms with Crippen molar-refractivity contribution in [3.8, 4) is 5.75 Å². The first-order valence-corrected chi connectivity index (χ1v) is 5.27. The van der Waals surface area contributed by atoms with Gasteiger partial charge in [-0.15, -0.1) is 0 Å². The van der Waals surface area contributed by atoms with Gasteiger partial charge in [-0.2, -0.15) is 0 Å². The minimum Gasteiger partial charge on any atom is -0.503 e. The summed E-state index contributed by atoms with van der Waals surface area (Å²) in [6.45, 7) is -0.425. The van der Waals surface area contributed by atoms with Crippen LogP contribution in [0.1, 0.15) is 5.56 Å². The predicted molar refractivity (Wildman–Crippen MR) is 59.8 cm³/mol. The van der Waals surface area contributed by atoms with E-state index in [1.807, 2.05) is 0 Å². The molecule has 0 bridgehead atoms. The lowest BCUT2D eigenvalue weighted by molar-refractivity contribution is -0.123. The molecule has 1 rings (SSSR count). The van der Waals surface area contributed by atoms with Crippen molar-refractivity contribution in [2.75, 3.05) is 13.2 Å². The molecule has 1 aromatic rings. The molecule has 5 N–H and O–H groups in total. The molecule has 0 saturated heterocycles. The van der Waals surface area contributed by atoms with Crippen molar-refractivity contribution in [1.29, 1.82) is 0 Å². The predicted octanol–water partition coefficient (Wildman–Crippen LogP) is -0.351. The normalized spacial score (nSPS) is 12.2. The summed E-state index contributed by atoms with van der Waals surface area (Å²) >= 11 is 0. The summed E-state index contributed by atoms with van der Waals surface area (Å²) in [7, 11) is 0. The largest absolute Gasteiger partial charge is 0.503 e. The molecule has 0 heterocycles. The Kier molecular flexibility index (Phi) is 4.99. The number of amides is 1. The number of rotatable bonds is 5. The highest BCUT2D eigenvalue weighted by Gasteiger charge is 2.14. The smallest absolute Gasteiger partial charge is 0.239 e. The van der Waals surface area contributed by atoms with Gasteiger partial charge in [0, 0.05) is 6.54 Å². The van der Waals surface area contributed by atoms with Crippen molar-refractivity contribution in [2.24, 2.45) is 5.73 Å². The molecule has 0 aliphatic carbocycles. The molecule has 0 spiro atoms. The van der Waals surface area contributed by atoms with E-state index >= 15 is 0 Å². The number of aliphatic hydroxyl groups is 1. The van der Waals surface area contributed by atoms with Gasteiger partial charge in [0.05, 0.1) is 6.61 Å². The number of aliphatic hydroxyl groups excluding tert-OH is 1. The Morgan fingerprint density at radius 2 is 2.11 bits per heavy atom.